The molecule has 0 aliphatic heterocycles. The molecule has 0 fully saturated rings. The molecule has 0 spiro atoms. The van der Waals surface area contributed by atoms with Crippen LogP contribution in [-0.2, 0) is 5.41 Å². The first-order valence-corrected chi connectivity index (χ1v) is 7.65. The zero-order valence-corrected chi connectivity index (χ0v) is 14.1. The monoisotopic (exact) mass is 309 g/mol. The van der Waals surface area contributed by atoms with Gasteiger partial charge in [0.15, 0.2) is 5.78 Å². The van der Waals surface area contributed by atoms with E-state index in [2.05, 4.69) is 26.1 Å². The summed E-state index contributed by atoms with van der Waals surface area (Å²) in [6.45, 7) is 8.33. The second kappa shape index (κ2) is 6.69. The maximum atomic E-state index is 12.1. The van der Waals surface area contributed by atoms with Gasteiger partial charge in [-0.1, -0.05) is 51.1 Å². The van der Waals surface area contributed by atoms with Gasteiger partial charge in [-0.25, -0.2) is 0 Å². The van der Waals surface area contributed by atoms with Gasteiger partial charge in [0.2, 0.25) is 0 Å². The minimum Gasteiger partial charge on any atom is -0.506 e. The number of benzene rings is 2. The summed E-state index contributed by atoms with van der Waals surface area (Å²) >= 11 is 0. The lowest BCUT2D eigenvalue weighted by Gasteiger charge is -2.18. The minimum absolute atomic E-state index is 0.0714. The van der Waals surface area contributed by atoms with E-state index >= 15 is 0 Å². The molecule has 0 saturated heterocycles. The Morgan fingerprint density at radius 1 is 1.09 bits per heavy atom. The predicted octanol–water partition coefficient (Wildman–Crippen LogP) is 4.81. The maximum Gasteiger partial charge on any atom is 0.187 e. The molecule has 0 unspecified atom stereocenters. The third kappa shape index (κ3) is 4.46. The molecule has 3 nitrogen and oxygen atoms in total. The van der Waals surface area contributed by atoms with Crippen molar-refractivity contribution in [3.63, 3.8) is 0 Å². The number of nitrogens with one attached hydrogen (secondary N) is 1. The summed E-state index contributed by atoms with van der Waals surface area (Å²) in [7, 11) is 0. The second-order valence-corrected chi connectivity index (χ2v) is 6.69. The van der Waals surface area contributed by atoms with Crippen molar-refractivity contribution in [1.29, 1.82) is 0 Å². The molecule has 0 aliphatic carbocycles. The van der Waals surface area contributed by atoms with Gasteiger partial charge in [-0.15, -0.1) is 0 Å². The quantitative estimate of drug-likeness (QED) is 0.484. The number of hydrogen-bond acceptors (Lipinski definition) is 3. The highest BCUT2D eigenvalue weighted by Crippen LogP contribution is 2.24. The molecule has 0 atom stereocenters. The van der Waals surface area contributed by atoms with Crippen LogP contribution in [0.1, 0.15) is 42.3 Å². The fraction of sp³-hybridized carbons (Fsp3) is 0.250. The zero-order valence-electron chi connectivity index (χ0n) is 14.1. The van der Waals surface area contributed by atoms with Crippen molar-refractivity contribution in [2.24, 2.45) is 0 Å². The van der Waals surface area contributed by atoms with E-state index in [-0.39, 0.29) is 16.9 Å². The lowest BCUT2D eigenvalue weighted by atomic mass is 9.86. The first-order chi connectivity index (χ1) is 10.8. The summed E-state index contributed by atoms with van der Waals surface area (Å²) in [5, 5.41) is 12.7. The molecule has 0 aromatic heterocycles. The van der Waals surface area contributed by atoms with Gasteiger partial charge < -0.3 is 10.4 Å². The zero-order chi connectivity index (χ0) is 17.0. The molecule has 0 aliphatic rings. The number of aromatic hydroxyl groups is 1. The van der Waals surface area contributed by atoms with Crippen LogP contribution in [0, 0.1) is 6.92 Å². The van der Waals surface area contributed by atoms with E-state index in [1.54, 1.807) is 18.3 Å². The smallest absolute Gasteiger partial charge is 0.187 e. The number of phenols is 1. The molecule has 2 rings (SSSR count). The van der Waals surface area contributed by atoms with Crippen molar-refractivity contribution in [2.45, 2.75) is 33.1 Å². The highest BCUT2D eigenvalue weighted by molar-refractivity contribution is 6.04. The summed E-state index contributed by atoms with van der Waals surface area (Å²) in [5.74, 6) is 0.0844. The standard InChI is InChI=1S/C20H23NO2/c1-14-5-10-17(19(23)13-14)21-12-11-18(22)15-6-8-16(9-7-15)20(2,3)4/h5-13,21,23H,1-4H3/b12-11+. The number of aryl methyl sites for hydroxylation is 1. The Kier molecular flexibility index (Phi) is 4.89. The number of rotatable bonds is 4. The summed E-state index contributed by atoms with van der Waals surface area (Å²) in [4.78, 5) is 12.1. The number of phenolic OH excluding ortho intramolecular Hbond substituents is 1. The Morgan fingerprint density at radius 3 is 2.30 bits per heavy atom. The van der Waals surface area contributed by atoms with Crippen molar-refractivity contribution >= 4 is 11.5 Å². The van der Waals surface area contributed by atoms with E-state index in [9.17, 15) is 9.90 Å². The number of hydrogen-bond donors (Lipinski definition) is 2. The molecule has 0 radical (unpaired) electrons. The molecule has 2 aromatic rings. The summed E-state index contributed by atoms with van der Waals surface area (Å²) in [6.07, 6.45) is 3.01. The van der Waals surface area contributed by atoms with Gasteiger partial charge in [0.25, 0.3) is 0 Å². The van der Waals surface area contributed by atoms with E-state index in [4.69, 9.17) is 0 Å². The second-order valence-electron chi connectivity index (χ2n) is 6.69. The average molecular weight is 309 g/mol. The number of anilines is 1. The lowest BCUT2D eigenvalue weighted by Crippen LogP contribution is -2.11. The van der Waals surface area contributed by atoms with Crippen molar-refractivity contribution in [3.8, 4) is 5.75 Å². The molecule has 0 saturated carbocycles. The highest BCUT2D eigenvalue weighted by Gasteiger charge is 2.13. The number of allylic oxidation sites excluding steroid dienone is 1. The fourth-order valence-corrected chi connectivity index (χ4v) is 2.20. The van der Waals surface area contributed by atoms with Crippen molar-refractivity contribution in [3.05, 3.63) is 71.4 Å². The van der Waals surface area contributed by atoms with Crippen LogP contribution in [0.2, 0.25) is 0 Å². The van der Waals surface area contributed by atoms with Crippen molar-refractivity contribution in [2.75, 3.05) is 5.32 Å². The molecule has 2 aromatic carbocycles. The summed E-state index contributed by atoms with van der Waals surface area (Å²) < 4.78 is 0. The van der Waals surface area contributed by atoms with Crippen LogP contribution in [0.4, 0.5) is 5.69 Å². The first kappa shape index (κ1) is 16.8. The SMILES string of the molecule is Cc1ccc(N/C=C/C(=O)c2ccc(C(C)(C)C)cc2)c(O)c1. The van der Waals surface area contributed by atoms with Crippen LogP contribution in [0.3, 0.4) is 0 Å². The maximum absolute atomic E-state index is 12.1. The van der Waals surface area contributed by atoms with E-state index in [1.165, 1.54) is 11.6 Å². The van der Waals surface area contributed by atoms with Gasteiger partial charge in [-0.2, -0.15) is 0 Å². The number of carbonyl (C=O) groups excluding carboxylic acids is 1. The van der Waals surface area contributed by atoms with Gasteiger partial charge in [-0.3, -0.25) is 4.79 Å². The van der Waals surface area contributed by atoms with Crippen LogP contribution < -0.4 is 5.32 Å². The molecule has 2 N–H and O–H groups in total. The Labute approximate surface area is 137 Å². The molecule has 0 heterocycles. The predicted molar refractivity (Wildman–Crippen MR) is 95.1 cm³/mol. The number of ketones is 1. The molecule has 3 heteroatoms. The first-order valence-electron chi connectivity index (χ1n) is 7.65. The Bertz CT molecular complexity index is 722. The average Bonchev–Trinajstić information content (AvgIpc) is 2.48. The van der Waals surface area contributed by atoms with Crippen molar-refractivity contribution in [1.82, 2.24) is 0 Å². The number of carbonyl (C=O) groups is 1. The van der Waals surface area contributed by atoms with Crippen molar-refractivity contribution < 1.29 is 9.90 Å². The third-order valence-corrected chi connectivity index (χ3v) is 3.66. The Balaban J connectivity index is 2.04. The van der Waals surface area contributed by atoms with Gasteiger partial charge in [0, 0.05) is 17.8 Å². The van der Waals surface area contributed by atoms with Gasteiger partial charge in [0.1, 0.15) is 5.75 Å². The summed E-state index contributed by atoms with van der Waals surface area (Å²) in [6, 6.07) is 13.0. The summed E-state index contributed by atoms with van der Waals surface area (Å²) in [5.41, 5.74) is 3.46. The molecule has 0 amide bonds. The molecular formula is C20H23NO2. The van der Waals surface area contributed by atoms with Gasteiger partial charge in [-0.05, 0) is 35.6 Å². The van der Waals surface area contributed by atoms with E-state index < -0.39 is 0 Å². The largest absolute Gasteiger partial charge is 0.506 e. The topological polar surface area (TPSA) is 49.3 Å². The molecule has 23 heavy (non-hydrogen) atoms. The Morgan fingerprint density at radius 2 is 1.74 bits per heavy atom. The normalized spacial score (nSPS) is 11.7. The van der Waals surface area contributed by atoms with Crippen LogP contribution >= 0.6 is 0 Å². The van der Waals surface area contributed by atoms with Crippen LogP contribution in [0.25, 0.3) is 0 Å². The molecule has 0 bridgehead atoms. The van der Waals surface area contributed by atoms with E-state index in [0.29, 0.717) is 11.3 Å². The fourth-order valence-electron chi connectivity index (χ4n) is 2.20. The Hall–Kier alpha value is -2.55. The third-order valence-electron chi connectivity index (χ3n) is 3.66. The van der Waals surface area contributed by atoms with Crippen LogP contribution in [-0.4, -0.2) is 10.9 Å². The lowest BCUT2D eigenvalue weighted by molar-refractivity contribution is 0.104. The molecule has 120 valence electrons. The van der Waals surface area contributed by atoms with E-state index in [1.807, 2.05) is 37.3 Å². The van der Waals surface area contributed by atoms with Crippen LogP contribution in [0.5, 0.6) is 5.75 Å². The van der Waals surface area contributed by atoms with Gasteiger partial charge in [0.05, 0.1) is 5.69 Å². The van der Waals surface area contributed by atoms with Gasteiger partial charge >= 0.3 is 0 Å². The highest BCUT2D eigenvalue weighted by atomic mass is 16.3. The van der Waals surface area contributed by atoms with E-state index in [0.717, 1.165) is 5.56 Å². The minimum atomic E-state index is -0.0791. The van der Waals surface area contributed by atoms with Crippen LogP contribution in [0.15, 0.2) is 54.7 Å². The molecular weight excluding hydrogens is 286 g/mol.